The van der Waals surface area contributed by atoms with Crippen molar-refractivity contribution in [1.29, 1.82) is 0 Å². The second-order valence-corrected chi connectivity index (χ2v) is 4.69. The number of halogens is 2. The molecule has 1 N–H and O–H groups in total. The Kier molecular flexibility index (Phi) is 3.92. The number of nitrogens with one attached hydrogen (secondary N) is 1. The van der Waals surface area contributed by atoms with Crippen molar-refractivity contribution < 1.29 is 9.21 Å². The number of amides is 1. The molecule has 2 rings (SSSR count). The molecule has 2 aromatic rings. The van der Waals surface area contributed by atoms with Gasteiger partial charge in [0.1, 0.15) is 11.3 Å². The number of fused-ring (bicyclic) bond motifs is 1. The predicted molar refractivity (Wildman–Crippen MR) is 68.4 cm³/mol. The van der Waals surface area contributed by atoms with Gasteiger partial charge >= 0.3 is 0 Å². The van der Waals surface area contributed by atoms with Gasteiger partial charge in [-0.15, -0.1) is 0 Å². The van der Waals surface area contributed by atoms with Gasteiger partial charge in [-0.1, -0.05) is 41.4 Å². The normalized spacial score (nSPS) is 11.0. The highest BCUT2D eigenvalue weighted by Crippen LogP contribution is 2.18. The Balaban J connectivity index is 1.93. The van der Waals surface area contributed by atoms with Gasteiger partial charge in [-0.2, -0.15) is 0 Å². The van der Waals surface area contributed by atoms with E-state index < -0.39 is 4.84 Å². The summed E-state index contributed by atoms with van der Waals surface area (Å²) in [6.45, 7) is 0.453. The first kappa shape index (κ1) is 12.3. The number of para-hydroxylation sites is 1. The summed E-state index contributed by atoms with van der Waals surface area (Å²) in [7, 11) is 0. The van der Waals surface area contributed by atoms with Gasteiger partial charge in [0.15, 0.2) is 4.84 Å². The van der Waals surface area contributed by atoms with E-state index in [0.717, 1.165) is 16.7 Å². The molecule has 0 bridgehead atoms. The first-order chi connectivity index (χ1) is 8.16. The maximum absolute atomic E-state index is 11.1. The molecule has 1 amide bonds. The van der Waals surface area contributed by atoms with Gasteiger partial charge < -0.3 is 9.73 Å². The van der Waals surface area contributed by atoms with Crippen molar-refractivity contribution in [2.45, 2.75) is 11.3 Å². The molecule has 0 aliphatic heterocycles. The van der Waals surface area contributed by atoms with Crippen molar-refractivity contribution in [1.82, 2.24) is 5.32 Å². The number of hydrogen-bond acceptors (Lipinski definition) is 2. The molecular formula is C12H11Cl2NO2. The number of benzene rings is 1. The lowest BCUT2D eigenvalue weighted by molar-refractivity contribution is -0.119. The monoisotopic (exact) mass is 271 g/mol. The van der Waals surface area contributed by atoms with Gasteiger partial charge in [0.25, 0.3) is 5.91 Å². The first-order valence-electron chi connectivity index (χ1n) is 5.20. The fourth-order valence-electron chi connectivity index (χ4n) is 1.55. The summed E-state index contributed by atoms with van der Waals surface area (Å²) in [4.78, 5) is 10.1. The van der Waals surface area contributed by atoms with E-state index in [9.17, 15) is 4.79 Å². The summed E-state index contributed by atoms with van der Waals surface area (Å²) in [5.74, 6) is 0.441. The smallest absolute Gasteiger partial charge is 0.253 e. The molecule has 1 heterocycles. The summed E-state index contributed by atoms with van der Waals surface area (Å²) < 4.78 is 5.59. The van der Waals surface area contributed by atoms with Crippen molar-refractivity contribution in [2.75, 3.05) is 6.54 Å². The Morgan fingerprint density at radius 3 is 2.82 bits per heavy atom. The average molecular weight is 272 g/mol. The molecule has 1 aromatic carbocycles. The van der Waals surface area contributed by atoms with E-state index in [4.69, 9.17) is 27.6 Å². The quantitative estimate of drug-likeness (QED) is 0.869. The molecule has 0 saturated heterocycles. The Bertz CT molecular complexity index is 489. The summed E-state index contributed by atoms with van der Waals surface area (Å²) in [6.07, 6.45) is 0.612. The predicted octanol–water partition coefficient (Wildman–Crippen LogP) is 2.90. The lowest BCUT2D eigenvalue weighted by Gasteiger charge is -2.03. The molecule has 90 valence electrons. The zero-order valence-corrected chi connectivity index (χ0v) is 10.5. The van der Waals surface area contributed by atoms with Crippen LogP contribution in [0.1, 0.15) is 5.76 Å². The van der Waals surface area contributed by atoms with E-state index in [-0.39, 0.29) is 5.91 Å². The molecule has 0 saturated carbocycles. The van der Waals surface area contributed by atoms with Gasteiger partial charge in [0.2, 0.25) is 0 Å². The fourth-order valence-corrected chi connectivity index (χ4v) is 1.70. The number of furan rings is 1. The molecule has 0 spiro atoms. The van der Waals surface area contributed by atoms with Crippen LogP contribution in [0.4, 0.5) is 0 Å². The minimum atomic E-state index is -1.02. The van der Waals surface area contributed by atoms with Crippen LogP contribution in [-0.4, -0.2) is 17.3 Å². The number of alkyl halides is 2. The maximum Gasteiger partial charge on any atom is 0.253 e. The molecule has 0 fully saturated rings. The highest BCUT2D eigenvalue weighted by atomic mass is 35.5. The lowest BCUT2D eigenvalue weighted by atomic mass is 10.2. The molecular weight excluding hydrogens is 261 g/mol. The minimum absolute atomic E-state index is 0.385. The van der Waals surface area contributed by atoms with Crippen LogP contribution in [0.5, 0.6) is 0 Å². The SMILES string of the molecule is O=C(NCCc1cc2ccccc2o1)C(Cl)Cl. The van der Waals surface area contributed by atoms with Crippen LogP contribution in [0.15, 0.2) is 34.7 Å². The van der Waals surface area contributed by atoms with Crippen molar-refractivity contribution >= 4 is 40.1 Å². The third kappa shape index (κ3) is 3.14. The third-order valence-corrected chi connectivity index (χ3v) is 2.74. The van der Waals surface area contributed by atoms with E-state index in [2.05, 4.69) is 5.32 Å². The summed E-state index contributed by atoms with van der Waals surface area (Å²) in [5.41, 5.74) is 0.849. The highest BCUT2D eigenvalue weighted by molar-refractivity contribution is 6.53. The van der Waals surface area contributed by atoms with Crippen LogP contribution < -0.4 is 5.32 Å². The largest absolute Gasteiger partial charge is 0.461 e. The molecule has 0 atom stereocenters. The van der Waals surface area contributed by atoms with Gasteiger partial charge in [-0.05, 0) is 12.1 Å². The average Bonchev–Trinajstić information content (AvgIpc) is 2.71. The minimum Gasteiger partial charge on any atom is -0.461 e. The van der Waals surface area contributed by atoms with Crippen molar-refractivity contribution in [3.05, 3.63) is 36.1 Å². The number of carbonyl (C=O) groups excluding carboxylic acids is 1. The van der Waals surface area contributed by atoms with Crippen LogP contribution in [0, 0.1) is 0 Å². The first-order valence-corrected chi connectivity index (χ1v) is 6.07. The lowest BCUT2D eigenvalue weighted by Crippen LogP contribution is -2.30. The molecule has 1 aromatic heterocycles. The van der Waals surface area contributed by atoms with Gasteiger partial charge in [-0.25, -0.2) is 0 Å². The molecule has 0 unspecified atom stereocenters. The molecule has 0 aliphatic rings. The number of hydrogen-bond donors (Lipinski definition) is 1. The van der Waals surface area contributed by atoms with Crippen LogP contribution >= 0.6 is 23.2 Å². The Morgan fingerprint density at radius 2 is 2.12 bits per heavy atom. The molecule has 3 nitrogen and oxygen atoms in total. The topological polar surface area (TPSA) is 42.2 Å². The van der Waals surface area contributed by atoms with Crippen LogP contribution in [0.3, 0.4) is 0 Å². The zero-order chi connectivity index (χ0) is 12.3. The summed E-state index contributed by atoms with van der Waals surface area (Å²) in [6, 6.07) is 9.72. The third-order valence-electron chi connectivity index (χ3n) is 2.35. The van der Waals surface area contributed by atoms with Crippen molar-refractivity contribution in [3.63, 3.8) is 0 Å². The van der Waals surface area contributed by atoms with Gasteiger partial charge in [-0.3, -0.25) is 4.79 Å². The van der Waals surface area contributed by atoms with Crippen LogP contribution in [-0.2, 0) is 11.2 Å². The van der Waals surface area contributed by atoms with E-state index in [1.807, 2.05) is 30.3 Å². The number of carbonyl (C=O) groups is 1. The molecule has 5 heteroatoms. The van der Waals surface area contributed by atoms with Crippen molar-refractivity contribution in [3.8, 4) is 0 Å². The molecule has 17 heavy (non-hydrogen) atoms. The fraction of sp³-hybridized carbons (Fsp3) is 0.250. The maximum atomic E-state index is 11.1. The van der Waals surface area contributed by atoms with Gasteiger partial charge in [0.05, 0.1) is 0 Å². The van der Waals surface area contributed by atoms with E-state index in [1.165, 1.54) is 0 Å². The van der Waals surface area contributed by atoms with Crippen LogP contribution in [0.2, 0.25) is 0 Å². The van der Waals surface area contributed by atoms with E-state index >= 15 is 0 Å². The van der Waals surface area contributed by atoms with Gasteiger partial charge in [0, 0.05) is 18.4 Å². The van der Waals surface area contributed by atoms with Crippen molar-refractivity contribution in [2.24, 2.45) is 0 Å². The molecule has 0 radical (unpaired) electrons. The summed E-state index contributed by atoms with van der Waals surface area (Å²) in [5, 5.41) is 3.67. The Morgan fingerprint density at radius 1 is 1.35 bits per heavy atom. The van der Waals surface area contributed by atoms with E-state index in [1.54, 1.807) is 0 Å². The Hall–Kier alpha value is -1.19. The standard InChI is InChI=1S/C12H11Cl2NO2/c13-11(14)12(16)15-6-5-9-7-8-3-1-2-4-10(8)17-9/h1-4,7,11H,5-6H2,(H,15,16). The van der Waals surface area contributed by atoms with Crippen LogP contribution in [0.25, 0.3) is 11.0 Å². The second kappa shape index (κ2) is 5.43. The second-order valence-electron chi connectivity index (χ2n) is 3.59. The molecule has 0 aliphatic carbocycles. The summed E-state index contributed by atoms with van der Waals surface area (Å²) >= 11 is 10.8. The Labute approximate surface area is 109 Å². The zero-order valence-electron chi connectivity index (χ0n) is 8.95. The van der Waals surface area contributed by atoms with E-state index in [0.29, 0.717) is 13.0 Å². The highest BCUT2D eigenvalue weighted by Gasteiger charge is 2.10. The number of rotatable bonds is 4.